The molecule has 6 aromatic rings. The van der Waals surface area contributed by atoms with Gasteiger partial charge in [0.25, 0.3) is 0 Å². The fourth-order valence-corrected chi connectivity index (χ4v) is 11.9. The molecule has 3 fully saturated rings. The number of H-pyrrole nitrogens is 2. The zero-order valence-electron chi connectivity index (χ0n) is 33.5. The molecule has 0 radical (unpaired) electrons. The number of pyridine rings is 2. The average molecular weight is 787 g/mol. The van der Waals surface area contributed by atoms with Gasteiger partial charge in [-0.2, -0.15) is 0 Å². The van der Waals surface area contributed by atoms with Gasteiger partial charge >= 0.3 is 11.9 Å². The second kappa shape index (κ2) is 14.0. The summed E-state index contributed by atoms with van der Waals surface area (Å²) in [5, 5.41) is 10.9. The number of aromatic amines is 2. The summed E-state index contributed by atoms with van der Waals surface area (Å²) in [6.45, 7) is 6.85. The number of benzene rings is 4. The highest BCUT2D eigenvalue weighted by Gasteiger charge is 2.59. The minimum Gasteiger partial charge on any atom is -0.354 e. The third kappa shape index (κ3) is 5.89. The molecule has 4 aromatic carbocycles. The van der Waals surface area contributed by atoms with Gasteiger partial charge in [0.05, 0.1) is 33.6 Å². The van der Waals surface area contributed by atoms with Crippen LogP contribution < -0.4 is 10.9 Å². The molecule has 3 saturated carbocycles. The number of carbonyl (C=O) groups excluding carboxylic acids is 2. The molecule has 2 heterocycles. The van der Waals surface area contributed by atoms with E-state index < -0.39 is 11.9 Å². The van der Waals surface area contributed by atoms with Crippen LogP contribution >= 0.6 is 0 Å². The number of nitrogens with zero attached hydrogens (tertiary/aromatic N) is 2. The van der Waals surface area contributed by atoms with E-state index in [9.17, 15) is 19.2 Å². The molecule has 6 atom stereocenters. The number of allylic oxidation sites excluding steroid dienone is 2. The predicted molar refractivity (Wildman–Crippen MR) is 231 cm³/mol. The van der Waals surface area contributed by atoms with Gasteiger partial charge in [0, 0.05) is 38.5 Å². The Bertz CT molecular complexity index is 2980. The maximum absolute atomic E-state index is 13.5. The van der Waals surface area contributed by atoms with Gasteiger partial charge in [-0.1, -0.05) is 66.1 Å². The molecule has 6 unspecified atom stereocenters. The molecule has 298 valence electrons. The lowest BCUT2D eigenvalue weighted by Crippen LogP contribution is -2.51. The van der Waals surface area contributed by atoms with Crippen LogP contribution in [0.1, 0.15) is 92.9 Å². The molecule has 10 nitrogen and oxygen atoms in total. The van der Waals surface area contributed by atoms with Crippen molar-refractivity contribution in [1.82, 2.24) is 9.97 Å². The number of para-hydroxylation sites is 4. The smallest absolute Gasteiger partial charge is 0.354 e. The third-order valence-corrected chi connectivity index (χ3v) is 14.9. The van der Waals surface area contributed by atoms with Crippen molar-refractivity contribution in [1.29, 1.82) is 0 Å². The highest BCUT2D eigenvalue weighted by Crippen LogP contribution is 2.66. The summed E-state index contributed by atoms with van der Waals surface area (Å²) in [6, 6.07) is 24.8. The van der Waals surface area contributed by atoms with E-state index in [1.54, 1.807) is 48.5 Å². The molecule has 10 heteroatoms. The number of rotatable bonds is 5. The van der Waals surface area contributed by atoms with Crippen molar-refractivity contribution >= 4 is 67.0 Å². The fourth-order valence-electron chi connectivity index (χ4n) is 11.9. The molecule has 4 aliphatic rings. The Morgan fingerprint density at radius 1 is 0.661 bits per heavy atom. The molecule has 0 bridgehead atoms. The van der Waals surface area contributed by atoms with Crippen LogP contribution in [0.15, 0.2) is 116 Å². The lowest BCUT2D eigenvalue weighted by molar-refractivity contribution is -0.0411. The largest absolute Gasteiger partial charge is 0.367 e. The molecular formula is C49H46N4O6. The van der Waals surface area contributed by atoms with Gasteiger partial charge in [-0.3, -0.25) is 9.59 Å². The Kier molecular flexibility index (Phi) is 8.81. The van der Waals surface area contributed by atoms with Gasteiger partial charge in [-0.05, 0) is 141 Å². The molecule has 0 saturated heterocycles. The Labute approximate surface area is 340 Å². The van der Waals surface area contributed by atoms with Gasteiger partial charge in [-0.15, -0.1) is 0 Å². The summed E-state index contributed by atoms with van der Waals surface area (Å²) in [7, 11) is 0. The van der Waals surface area contributed by atoms with Crippen LogP contribution in [0, 0.1) is 34.5 Å². The van der Waals surface area contributed by atoms with E-state index in [0.717, 1.165) is 62.8 Å². The van der Waals surface area contributed by atoms with E-state index in [1.165, 1.54) is 5.57 Å². The van der Waals surface area contributed by atoms with E-state index in [0.29, 0.717) is 61.4 Å². The standard InChI is InChI=1S/C49H46N4O6/c1-27(52-58-46(56)35-14-8-12-33-42(35)50-40-16-6-4-10-31(40)44(33)54)37-20-21-38-30-19-18-28-26-29(22-24-48(28,2)39(30)23-25-49(37,38)3)53-59-47(57)36-15-9-13-34-43(36)51-41-17-7-5-11-32(41)45(34)55/h4-17,26,30,37-39H,18-25H2,1-3H3,(H,50,54)(H,51,55)/b52-27+,53-29+. The predicted octanol–water partition coefficient (Wildman–Crippen LogP) is 10.0. The monoisotopic (exact) mass is 786 g/mol. The highest BCUT2D eigenvalue weighted by molar-refractivity contribution is 6.07. The summed E-state index contributed by atoms with van der Waals surface area (Å²) < 4.78 is 0. The van der Waals surface area contributed by atoms with E-state index in [2.05, 4.69) is 40.2 Å². The Morgan fingerprint density at radius 3 is 1.90 bits per heavy atom. The summed E-state index contributed by atoms with van der Waals surface area (Å²) in [5.41, 5.74) is 5.65. The highest BCUT2D eigenvalue weighted by atomic mass is 16.7. The topological polar surface area (TPSA) is 143 Å². The van der Waals surface area contributed by atoms with Crippen molar-refractivity contribution in [3.63, 3.8) is 0 Å². The van der Waals surface area contributed by atoms with Crippen LogP contribution in [0.25, 0.3) is 43.6 Å². The number of fused-ring (bicyclic) bond motifs is 9. The number of oxime groups is 2. The van der Waals surface area contributed by atoms with Crippen molar-refractivity contribution in [2.24, 2.45) is 44.8 Å². The Hall–Kier alpha value is -6.16. The van der Waals surface area contributed by atoms with Crippen molar-refractivity contribution in [3.05, 3.63) is 128 Å². The Balaban J connectivity index is 0.835. The zero-order valence-corrected chi connectivity index (χ0v) is 33.5. The molecule has 2 N–H and O–H groups in total. The molecular weight excluding hydrogens is 741 g/mol. The number of carbonyl (C=O) groups is 2. The average Bonchev–Trinajstić information content (AvgIpc) is 3.62. The summed E-state index contributed by atoms with van der Waals surface area (Å²) in [6.07, 6.45) is 10.2. The van der Waals surface area contributed by atoms with Gasteiger partial charge in [0.15, 0.2) is 10.9 Å². The number of nitrogens with one attached hydrogen (secondary N) is 2. The summed E-state index contributed by atoms with van der Waals surface area (Å²) >= 11 is 0. The molecule has 10 rings (SSSR count). The Morgan fingerprint density at radius 2 is 1.25 bits per heavy atom. The minimum atomic E-state index is -0.598. The first-order chi connectivity index (χ1) is 28.5. The van der Waals surface area contributed by atoms with E-state index in [4.69, 9.17) is 9.68 Å². The quantitative estimate of drug-likeness (QED) is 0.0771. The first-order valence-corrected chi connectivity index (χ1v) is 20.9. The van der Waals surface area contributed by atoms with Gasteiger partial charge in [0.2, 0.25) is 0 Å². The zero-order chi connectivity index (χ0) is 40.6. The summed E-state index contributed by atoms with van der Waals surface area (Å²) in [5.74, 6) is 0.698. The van der Waals surface area contributed by atoms with Gasteiger partial charge in [-0.25, -0.2) is 9.59 Å². The van der Waals surface area contributed by atoms with E-state index >= 15 is 0 Å². The molecule has 0 amide bonds. The lowest BCUT2D eigenvalue weighted by atomic mass is 9.46. The van der Waals surface area contributed by atoms with Crippen molar-refractivity contribution < 1.29 is 19.3 Å². The van der Waals surface area contributed by atoms with Crippen molar-refractivity contribution in [3.8, 4) is 0 Å². The van der Waals surface area contributed by atoms with Crippen LogP contribution in [0.2, 0.25) is 0 Å². The van der Waals surface area contributed by atoms with Crippen LogP contribution in [-0.2, 0) is 9.68 Å². The molecule has 2 aromatic heterocycles. The number of hydrogen-bond donors (Lipinski definition) is 2. The first kappa shape index (κ1) is 37.1. The molecule has 59 heavy (non-hydrogen) atoms. The number of aromatic nitrogens is 2. The minimum absolute atomic E-state index is 0.0466. The van der Waals surface area contributed by atoms with Gasteiger partial charge < -0.3 is 19.6 Å². The maximum atomic E-state index is 13.5. The van der Waals surface area contributed by atoms with E-state index in [1.807, 2.05) is 43.3 Å². The van der Waals surface area contributed by atoms with Gasteiger partial charge in [0.1, 0.15) is 0 Å². The van der Waals surface area contributed by atoms with Crippen molar-refractivity contribution in [2.75, 3.05) is 0 Å². The number of hydrogen-bond acceptors (Lipinski definition) is 8. The van der Waals surface area contributed by atoms with Crippen LogP contribution in [-0.4, -0.2) is 33.3 Å². The maximum Gasteiger partial charge on any atom is 0.367 e. The third-order valence-electron chi connectivity index (χ3n) is 14.9. The fraction of sp³-hybridized carbons (Fsp3) is 0.347. The lowest BCUT2D eigenvalue weighted by Gasteiger charge is -2.58. The second-order valence-electron chi connectivity index (χ2n) is 17.7. The first-order valence-electron chi connectivity index (χ1n) is 20.9. The van der Waals surface area contributed by atoms with Crippen LogP contribution in [0.4, 0.5) is 0 Å². The van der Waals surface area contributed by atoms with E-state index in [-0.39, 0.29) is 38.7 Å². The molecule has 4 aliphatic carbocycles. The van der Waals surface area contributed by atoms with Crippen molar-refractivity contribution in [2.45, 2.75) is 72.1 Å². The normalized spacial score (nSPS) is 27.3. The van der Waals surface area contributed by atoms with Crippen LogP contribution in [0.3, 0.4) is 0 Å². The van der Waals surface area contributed by atoms with Crippen LogP contribution in [0.5, 0.6) is 0 Å². The molecule has 0 aliphatic heterocycles. The SMILES string of the molecule is C/C(=N\OC(=O)c1cccc2c(=O)c3ccccc3[nH]c12)C1CCC2C3CCC4=C/C(=N/OC(=O)c5cccc6c(=O)c7ccccc7[nH]c56)CCC4(C)C3CCC12C. The molecule has 0 spiro atoms. The second-order valence-corrected chi connectivity index (χ2v) is 17.7. The summed E-state index contributed by atoms with van der Waals surface area (Å²) in [4.78, 5) is 71.1.